The molecule has 218 valence electrons. The highest BCUT2D eigenvalue weighted by Gasteiger charge is 2.47. The molecule has 0 aromatic heterocycles. The number of urea groups is 1. The molecule has 0 bridgehead atoms. The zero-order chi connectivity index (χ0) is 29.5. The van der Waals surface area contributed by atoms with E-state index in [1.54, 1.807) is 43.3 Å². The first kappa shape index (κ1) is 28.6. The number of likely N-dealkylation sites (tertiary alicyclic amines) is 1. The van der Waals surface area contributed by atoms with Crippen molar-refractivity contribution in [2.45, 2.75) is 56.3 Å². The lowest BCUT2D eigenvalue weighted by Crippen LogP contribution is -2.57. The Balaban J connectivity index is 1.34. The number of nitrogens with zero attached hydrogens (tertiary/aromatic N) is 2. The second kappa shape index (κ2) is 11.1. The van der Waals surface area contributed by atoms with Crippen LogP contribution in [0.4, 0.5) is 22.4 Å². The molecule has 1 aliphatic carbocycles. The summed E-state index contributed by atoms with van der Waals surface area (Å²) in [6, 6.07) is 10.1. The van der Waals surface area contributed by atoms with Gasteiger partial charge in [0.25, 0.3) is 0 Å². The third-order valence-corrected chi connectivity index (χ3v) is 7.97. The predicted molar refractivity (Wildman–Crippen MR) is 139 cm³/mol. The number of rotatable bonds is 7. The van der Waals surface area contributed by atoms with Gasteiger partial charge in [-0.05, 0) is 28.7 Å². The molecule has 0 radical (unpaired) electrons. The summed E-state index contributed by atoms with van der Waals surface area (Å²) < 4.78 is 56.4. The number of alkyl halides is 3. The van der Waals surface area contributed by atoms with Crippen LogP contribution >= 0.6 is 0 Å². The normalized spacial score (nSPS) is 25.0. The Bertz CT molecular complexity index is 1350. The molecule has 12 heteroatoms. The Morgan fingerprint density at radius 3 is 2.44 bits per heavy atom. The Hall–Kier alpha value is -3.96. The number of imide groups is 1. The first-order valence-electron chi connectivity index (χ1n) is 13.5. The molecular formula is C29H30F4N4O4. The average Bonchev–Trinajstić information content (AvgIpc) is 3.31. The minimum absolute atomic E-state index is 0.0102. The molecule has 2 heterocycles. The molecule has 41 heavy (non-hydrogen) atoms. The molecule has 1 saturated carbocycles. The van der Waals surface area contributed by atoms with Gasteiger partial charge in [-0.1, -0.05) is 49.4 Å². The van der Waals surface area contributed by atoms with Crippen LogP contribution in [0.2, 0.25) is 0 Å². The molecular weight excluding hydrogens is 544 g/mol. The highest BCUT2D eigenvalue weighted by molar-refractivity contribution is 5.99. The summed E-state index contributed by atoms with van der Waals surface area (Å²) in [4.78, 5) is 52.8. The quantitative estimate of drug-likeness (QED) is 0.493. The fraction of sp³-hybridized carbons (Fsp3) is 0.448. The van der Waals surface area contributed by atoms with E-state index < -0.39 is 85.0 Å². The third kappa shape index (κ3) is 6.06. The number of nitrogens with one attached hydrogen (secondary N) is 2. The SMILES string of the molecule is CC1CN(CC(=O)N2C[C@H](F)C[C@H]2C(=O)N[C@@H](c2ccccc2)c2ccc(C3CC(F)(F)C3)c(F)c2)C(=O)NC1=O. The summed E-state index contributed by atoms with van der Waals surface area (Å²) in [7, 11) is 0. The Kier molecular flexibility index (Phi) is 7.76. The van der Waals surface area contributed by atoms with Crippen LogP contribution < -0.4 is 10.6 Å². The second-order valence-electron chi connectivity index (χ2n) is 11.1. The van der Waals surface area contributed by atoms with E-state index in [1.807, 2.05) is 0 Å². The predicted octanol–water partition coefficient (Wildman–Crippen LogP) is 3.67. The van der Waals surface area contributed by atoms with Gasteiger partial charge in [0.2, 0.25) is 23.6 Å². The summed E-state index contributed by atoms with van der Waals surface area (Å²) >= 11 is 0. The van der Waals surface area contributed by atoms with Crippen molar-refractivity contribution in [1.82, 2.24) is 20.4 Å². The van der Waals surface area contributed by atoms with Gasteiger partial charge >= 0.3 is 6.03 Å². The van der Waals surface area contributed by atoms with E-state index in [0.29, 0.717) is 11.1 Å². The Morgan fingerprint density at radius 1 is 1.07 bits per heavy atom. The van der Waals surface area contributed by atoms with Crippen molar-refractivity contribution in [3.63, 3.8) is 0 Å². The van der Waals surface area contributed by atoms with Crippen molar-refractivity contribution in [3.05, 3.63) is 71.0 Å². The van der Waals surface area contributed by atoms with Gasteiger partial charge < -0.3 is 15.1 Å². The van der Waals surface area contributed by atoms with E-state index in [9.17, 15) is 32.3 Å². The van der Waals surface area contributed by atoms with E-state index >= 15 is 4.39 Å². The van der Waals surface area contributed by atoms with E-state index in [0.717, 1.165) is 9.80 Å². The van der Waals surface area contributed by atoms with Crippen LogP contribution in [0.1, 0.15) is 54.8 Å². The summed E-state index contributed by atoms with van der Waals surface area (Å²) in [6.07, 6.45) is -2.58. The summed E-state index contributed by atoms with van der Waals surface area (Å²) in [5.74, 6) is -6.36. The standard InChI is InChI=1S/C29H30F4N4O4/c1-16-13-36(28(41)35-26(16)39)15-24(38)37-14-20(30)10-23(37)27(40)34-25(17-5-3-2-4-6-17)18-7-8-21(22(31)9-18)19-11-29(32,33)12-19/h2-9,16,19-20,23,25H,10-15H2,1H3,(H,34,40)(H,35,39,41)/t16?,20-,23+,25+/m1/s1. The molecule has 3 aliphatic rings. The van der Waals surface area contributed by atoms with Gasteiger partial charge in [0.1, 0.15) is 24.6 Å². The summed E-state index contributed by atoms with van der Waals surface area (Å²) in [5, 5.41) is 4.98. The van der Waals surface area contributed by atoms with Crippen molar-refractivity contribution in [2.24, 2.45) is 5.92 Å². The van der Waals surface area contributed by atoms with Crippen LogP contribution in [0.25, 0.3) is 0 Å². The Morgan fingerprint density at radius 2 is 1.78 bits per heavy atom. The molecule has 1 unspecified atom stereocenters. The van der Waals surface area contributed by atoms with Gasteiger partial charge in [-0.15, -0.1) is 0 Å². The monoisotopic (exact) mass is 574 g/mol. The van der Waals surface area contributed by atoms with Crippen molar-refractivity contribution in [3.8, 4) is 0 Å². The van der Waals surface area contributed by atoms with Crippen molar-refractivity contribution >= 4 is 23.8 Å². The summed E-state index contributed by atoms with van der Waals surface area (Å²) in [5.41, 5.74) is 1.14. The largest absolute Gasteiger partial charge is 0.343 e. The van der Waals surface area contributed by atoms with Gasteiger partial charge in [0, 0.05) is 25.8 Å². The van der Waals surface area contributed by atoms with Crippen LogP contribution in [0.3, 0.4) is 0 Å². The lowest BCUT2D eigenvalue weighted by molar-refractivity contribution is -0.139. The minimum Gasteiger partial charge on any atom is -0.343 e. The molecule has 4 atom stereocenters. The van der Waals surface area contributed by atoms with Gasteiger partial charge in [0.05, 0.1) is 18.5 Å². The average molecular weight is 575 g/mol. The van der Waals surface area contributed by atoms with Crippen molar-refractivity contribution < 1.29 is 36.7 Å². The van der Waals surface area contributed by atoms with E-state index in [4.69, 9.17) is 0 Å². The fourth-order valence-electron chi connectivity index (χ4n) is 5.68. The van der Waals surface area contributed by atoms with E-state index in [-0.39, 0.29) is 25.1 Å². The zero-order valence-electron chi connectivity index (χ0n) is 22.3. The number of hydrogen-bond acceptors (Lipinski definition) is 4. The molecule has 2 N–H and O–H groups in total. The molecule has 0 spiro atoms. The zero-order valence-corrected chi connectivity index (χ0v) is 22.3. The molecule has 2 aromatic carbocycles. The van der Waals surface area contributed by atoms with E-state index in [2.05, 4.69) is 10.6 Å². The van der Waals surface area contributed by atoms with Crippen LogP contribution in [0, 0.1) is 11.7 Å². The number of carbonyl (C=O) groups is 4. The Labute approximate surface area is 234 Å². The highest BCUT2D eigenvalue weighted by Crippen LogP contribution is 2.49. The number of benzene rings is 2. The second-order valence-corrected chi connectivity index (χ2v) is 11.1. The molecule has 5 amide bonds. The molecule has 5 rings (SSSR count). The molecule has 3 fully saturated rings. The van der Waals surface area contributed by atoms with Crippen LogP contribution in [-0.4, -0.2) is 71.3 Å². The first-order valence-corrected chi connectivity index (χ1v) is 13.5. The number of amides is 5. The number of carbonyl (C=O) groups excluding carboxylic acids is 4. The summed E-state index contributed by atoms with van der Waals surface area (Å²) in [6.45, 7) is 0.834. The van der Waals surface area contributed by atoms with Gasteiger partial charge in [-0.25, -0.2) is 22.4 Å². The topological polar surface area (TPSA) is 98.8 Å². The maximum absolute atomic E-state index is 15.1. The van der Waals surface area contributed by atoms with Gasteiger partial charge in [-0.3, -0.25) is 19.7 Å². The van der Waals surface area contributed by atoms with Gasteiger partial charge in [-0.2, -0.15) is 0 Å². The number of halogens is 4. The molecule has 2 saturated heterocycles. The molecule has 2 aromatic rings. The van der Waals surface area contributed by atoms with Crippen LogP contribution in [0.5, 0.6) is 0 Å². The lowest BCUT2D eigenvalue weighted by Gasteiger charge is -2.35. The maximum atomic E-state index is 15.1. The van der Waals surface area contributed by atoms with E-state index in [1.165, 1.54) is 12.1 Å². The smallest absolute Gasteiger partial charge is 0.324 e. The lowest BCUT2D eigenvalue weighted by atomic mass is 9.76. The molecule has 2 aliphatic heterocycles. The van der Waals surface area contributed by atoms with Crippen molar-refractivity contribution in [2.75, 3.05) is 19.6 Å². The maximum Gasteiger partial charge on any atom is 0.324 e. The minimum atomic E-state index is -2.80. The molecule has 8 nitrogen and oxygen atoms in total. The first-order chi connectivity index (χ1) is 19.4. The van der Waals surface area contributed by atoms with Gasteiger partial charge in [0.15, 0.2) is 0 Å². The fourth-order valence-corrected chi connectivity index (χ4v) is 5.68. The third-order valence-electron chi connectivity index (χ3n) is 7.97. The highest BCUT2D eigenvalue weighted by atomic mass is 19.3. The number of hydrogen-bond donors (Lipinski definition) is 2. The van der Waals surface area contributed by atoms with Crippen LogP contribution in [-0.2, 0) is 14.4 Å². The van der Waals surface area contributed by atoms with Crippen LogP contribution in [0.15, 0.2) is 48.5 Å². The van der Waals surface area contributed by atoms with Crippen molar-refractivity contribution in [1.29, 1.82) is 0 Å².